The molecular formula is C33H32F6O2. The van der Waals surface area contributed by atoms with E-state index >= 15 is 0 Å². The number of allylic oxidation sites excluding steroid dienone is 3. The Morgan fingerprint density at radius 3 is 1.61 bits per heavy atom. The summed E-state index contributed by atoms with van der Waals surface area (Å²) in [5, 5.41) is 0. The van der Waals surface area contributed by atoms with Crippen LogP contribution in [0.1, 0.15) is 48.8 Å². The summed E-state index contributed by atoms with van der Waals surface area (Å²) in [6.07, 6.45) is 3.47. The van der Waals surface area contributed by atoms with Gasteiger partial charge in [0.2, 0.25) is 0 Å². The lowest BCUT2D eigenvalue weighted by Crippen LogP contribution is -2.16. The second kappa shape index (κ2) is 15.2. The number of aryl methyl sites for hydroxylation is 2. The van der Waals surface area contributed by atoms with Crippen molar-refractivity contribution in [1.82, 2.24) is 0 Å². The number of ether oxygens (including phenoxy) is 2. The van der Waals surface area contributed by atoms with Gasteiger partial charge in [-0.3, -0.25) is 0 Å². The number of benzene rings is 3. The zero-order valence-corrected chi connectivity index (χ0v) is 22.5. The van der Waals surface area contributed by atoms with Crippen LogP contribution in [0.2, 0.25) is 0 Å². The zero-order valence-electron chi connectivity index (χ0n) is 22.5. The molecule has 0 heterocycles. The molecular weight excluding hydrogens is 542 g/mol. The molecule has 3 rings (SSSR count). The summed E-state index contributed by atoms with van der Waals surface area (Å²) in [6, 6.07) is 21.8. The SMILES string of the molecule is C=C/C(=C\C=C\c1ccc(CCCCCCCc2ccc(-c3ccc(OC(F)(F)F)cc3)cc2)cc1)OC(F)(F)F. The molecule has 0 amide bonds. The standard InChI is InChI=1S/C33H32F6O2/c1-2-30(40-32(34,35)36)12-8-11-27-15-13-25(14-16-27)9-6-4-3-5-7-10-26-17-19-28(20-18-26)29-21-23-31(24-22-29)41-33(37,38)39/h2,8,11-24H,1,3-7,9-10H2/b11-8+,30-12+. The van der Waals surface area contributed by atoms with Crippen LogP contribution in [0.4, 0.5) is 26.3 Å². The van der Waals surface area contributed by atoms with E-state index in [-0.39, 0.29) is 11.5 Å². The third kappa shape index (κ3) is 12.4. The van der Waals surface area contributed by atoms with E-state index in [1.54, 1.807) is 18.2 Å². The maximum absolute atomic E-state index is 12.3. The Balaban J connectivity index is 1.31. The Morgan fingerprint density at radius 2 is 1.12 bits per heavy atom. The summed E-state index contributed by atoms with van der Waals surface area (Å²) in [5.41, 5.74) is 5.08. The van der Waals surface area contributed by atoms with Crippen molar-refractivity contribution in [2.24, 2.45) is 0 Å². The highest BCUT2D eigenvalue weighted by atomic mass is 19.4. The van der Waals surface area contributed by atoms with Crippen LogP contribution in [-0.2, 0) is 17.6 Å². The minimum atomic E-state index is -4.75. The van der Waals surface area contributed by atoms with E-state index in [9.17, 15) is 26.3 Å². The van der Waals surface area contributed by atoms with Gasteiger partial charge < -0.3 is 9.47 Å². The molecule has 0 unspecified atom stereocenters. The smallest absolute Gasteiger partial charge is 0.406 e. The van der Waals surface area contributed by atoms with Crippen LogP contribution in [0.15, 0.2) is 103 Å². The molecule has 0 aliphatic rings. The van der Waals surface area contributed by atoms with Gasteiger partial charge in [0.05, 0.1) is 0 Å². The molecule has 0 radical (unpaired) electrons. The van der Waals surface area contributed by atoms with Gasteiger partial charge in [-0.2, -0.15) is 0 Å². The quantitative estimate of drug-likeness (QED) is 0.0825. The Hall–Kier alpha value is -3.94. The topological polar surface area (TPSA) is 18.5 Å². The second-order valence-corrected chi connectivity index (χ2v) is 9.46. The number of alkyl halides is 6. The molecule has 0 spiro atoms. The predicted molar refractivity (Wildman–Crippen MR) is 150 cm³/mol. The van der Waals surface area contributed by atoms with Gasteiger partial charge >= 0.3 is 12.7 Å². The van der Waals surface area contributed by atoms with Gasteiger partial charge in [-0.25, -0.2) is 0 Å². The summed E-state index contributed by atoms with van der Waals surface area (Å²) in [5.74, 6) is -0.604. The van der Waals surface area contributed by atoms with Gasteiger partial charge in [0.25, 0.3) is 0 Å². The molecule has 2 nitrogen and oxygen atoms in total. The summed E-state index contributed by atoms with van der Waals surface area (Å²) in [6.45, 7) is 3.32. The van der Waals surface area contributed by atoms with Crippen LogP contribution < -0.4 is 4.74 Å². The van der Waals surface area contributed by atoms with E-state index in [1.807, 2.05) is 36.4 Å². The van der Waals surface area contributed by atoms with E-state index < -0.39 is 12.7 Å². The highest BCUT2D eigenvalue weighted by Gasteiger charge is 2.31. The largest absolute Gasteiger partial charge is 0.573 e. The predicted octanol–water partition coefficient (Wildman–Crippen LogP) is 10.6. The first-order valence-corrected chi connectivity index (χ1v) is 13.3. The number of rotatable bonds is 14. The first-order valence-electron chi connectivity index (χ1n) is 13.3. The molecule has 0 bridgehead atoms. The van der Waals surface area contributed by atoms with Crippen molar-refractivity contribution < 1.29 is 35.8 Å². The van der Waals surface area contributed by atoms with E-state index in [0.717, 1.165) is 67.7 Å². The van der Waals surface area contributed by atoms with Crippen molar-refractivity contribution in [3.05, 3.63) is 120 Å². The molecule has 0 saturated heterocycles. The summed E-state index contributed by atoms with van der Waals surface area (Å²) < 4.78 is 81.6. The number of hydrogen-bond acceptors (Lipinski definition) is 2. The Kier molecular flexibility index (Phi) is 11.7. The first-order chi connectivity index (χ1) is 19.5. The minimum Gasteiger partial charge on any atom is -0.406 e. The Morgan fingerprint density at radius 1 is 0.634 bits per heavy atom. The average molecular weight is 575 g/mol. The van der Waals surface area contributed by atoms with Gasteiger partial charge in [0, 0.05) is 0 Å². The molecule has 41 heavy (non-hydrogen) atoms. The molecule has 0 aliphatic heterocycles. The monoisotopic (exact) mass is 574 g/mol. The molecule has 218 valence electrons. The fourth-order valence-electron chi connectivity index (χ4n) is 4.23. The number of hydrogen-bond donors (Lipinski definition) is 0. The van der Waals surface area contributed by atoms with Gasteiger partial charge in [-0.05, 0) is 77.8 Å². The van der Waals surface area contributed by atoms with Crippen LogP contribution >= 0.6 is 0 Å². The van der Waals surface area contributed by atoms with Gasteiger partial charge in [0.15, 0.2) is 0 Å². The lowest BCUT2D eigenvalue weighted by atomic mass is 10.00. The van der Waals surface area contributed by atoms with Crippen molar-refractivity contribution in [3.63, 3.8) is 0 Å². The third-order valence-corrected chi connectivity index (χ3v) is 6.27. The molecule has 0 aliphatic carbocycles. The third-order valence-electron chi connectivity index (χ3n) is 6.27. The van der Waals surface area contributed by atoms with Crippen molar-refractivity contribution in [1.29, 1.82) is 0 Å². The van der Waals surface area contributed by atoms with Gasteiger partial charge in [-0.1, -0.05) is 98.7 Å². The molecule has 3 aromatic carbocycles. The Labute approximate surface area is 236 Å². The maximum Gasteiger partial charge on any atom is 0.573 e. The van der Waals surface area contributed by atoms with Crippen molar-refractivity contribution in [2.75, 3.05) is 0 Å². The highest BCUT2D eigenvalue weighted by molar-refractivity contribution is 5.64. The van der Waals surface area contributed by atoms with Gasteiger partial charge in [0.1, 0.15) is 11.5 Å². The average Bonchev–Trinajstić information content (AvgIpc) is 2.92. The lowest BCUT2D eigenvalue weighted by molar-refractivity contribution is -0.303. The molecule has 0 fully saturated rings. The zero-order chi connectivity index (χ0) is 29.7. The van der Waals surface area contributed by atoms with Crippen molar-refractivity contribution in [3.8, 4) is 16.9 Å². The summed E-state index contributed by atoms with van der Waals surface area (Å²) in [7, 11) is 0. The van der Waals surface area contributed by atoms with Crippen LogP contribution in [-0.4, -0.2) is 12.7 Å². The van der Waals surface area contributed by atoms with Crippen LogP contribution in [0, 0.1) is 0 Å². The molecule has 3 aromatic rings. The molecule has 0 atom stereocenters. The highest BCUT2D eigenvalue weighted by Crippen LogP contribution is 2.27. The fourth-order valence-corrected chi connectivity index (χ4v) is 4.23. The molecule has 0 N–H and O–H groups in total. The molecule has 8 heteroatoms. The van der Waals surface area contributed by atoms with E-state index in [2.05, 4.69) is 28.2 Å². The van der Waals surface area contributed by atoms with Crippen LogP contribution in [0.25, 0.3) is 17.2 Å². The molecule has 0 saturated carbocycles. The minimum absolute atomic E-state index is 0.237. The second-order valence-electron chi connectivity index (χ2n) is 9.46. The number of unbranched alkanes of at least 4 members (excludes halogenated alkanes) is 4. The fraction of sp³-hybridized carbons (Fsp3) is 0.273. The van der Waals surface area contributed by atoms with Crippen LogP contribution in [0.3, 0.4) is 0 Å². The van der Waals surface area contributed by atoms with Crippen molar-refractivity contribution >= 4 is 6.08 Å². The lowest BCUT2D eigenvalue weighted by Gasteiger charge is -2.09. The van der Waals surface area contributed by atoms with E-state index in [4.69, 9.17) is 0 Å². The van der Waals surface area contributed by atoms with Crippen LogP contribution in [0.5, 0.6) is 5.75 Å². The van der Waals surface area contributed by atoms with Crippen molar-refractivity contribution in [2.45, 2.75) is 57.7 Å². The summed E-state index contributed by atoms with van der Waals surface area (Å²) in [4.78, 5) is 0. The number of halogens is 6. The van der Waals surface area contributed by atoms with Gasteiger partial charge in [-0.15, -0.1) is 26.3 Å². The summed E-state index contributed by atoms with van der Waals surface area (Å²) >= 11 is 0. The normalized spacial score (nSPS) is 12.5. The Bertz CT molecular complexity index is 1270. The van der Waals surface area contributed by atoms with E-state index in [0.29, 0.717) is 0 Å². The maximum atomic E-state index is 12.3. The first kappa shape index (κ1) is 31.6. The molecule has 0 aromatic heterocycles. The van der Waals surface area contributed by atoms with E-state index in [1.165, 1.54) is 35.4 Å².